The normalized spacial score (nSPS) is 19.1. The van der Waals surface area contributed by atoms with Crippen molar-refractivity contribution >= 4 is 45.7 Å². The number of fused-ring (bicyclic) bond motifs is 2. The number of nitrogens with zero attached hydrogens (tertiary/aromatic N) is 2. The van der Waals surface area contributed by atoms with Crippen LogP contribution in [0.15, 0.2) is 41.8 Å². The first-order valence-electron chi connectivity index (χ1n) is 13.5. The Morgan fingerprint density at radius 3 is 2.49 bits per heavy atom. The van der Waals surface area contributed by atoms with Crippen LogP contribution < -0.4 is 15.5 Å². The van der Waals surface area contributed by atoms with E-state index < -0.39 is 17.7 Å². The number of aromatic nitrogens is 1. The molecule has 0 aliphatic carbocycles. The average molecular weight is 567 g/mol. The van der Waals surface area contributed by atoms with E-state index in [-0.39, 0.29) is 19.4 Å². The van der Waals surface area contributed by atoms with Crippen molar-refractivity contribution in [1.29, 1.82) is 0 Å². The van der Waals surface area contributed by atoms with Crippen LogP contribution >= 0.6 is 22.9 Å². The molecule has 0 bridgehead atoms. The van der Waals surface area contributed by atoms with Crippen molar-refractivity contribution in [3.8, 4) is 11.3 Å². The summed E-state index contributed by atoms with van der Waals surface area (Å²) in [6, 6.07) is 11.9. The molecular formula is C29H31ClN4O4S. The van der Waals surface area contributed by atoms with Crippen molar-refractivity contribution in [3.63, 3.8) is 0 Å². The second kappa shape index (κ2) is 11.2. The molecule has 2 saturated heterocycles. The maximum Gasteiger partial charge on any atom is 0.309 e. The van der Waals surface area contributed by atoms with Crippen LogP contribution in [0.4, 0.5) is 10.8 Å². The molecule has 1 aromatic heterocycles. The Labute approximate surface area is 236 Å². The molecule has 1 spiro atoms. The number of esters is 2. The number of ether oxygens (including phenoxy) is 2. The van der Waals surface area contributed by atoms with Gasteiger partial charge in [-0.25, -0.2) is 4.98 Å². The molecule has 6 rings (SSSR count). The van der Waals surface area contributed by atoms with Gasteiger partial charge in [0.15, 0.2) is 5.13 Å². The van der Waals surface area contributed by atoms with E-state index in [0.717, 1.165) is 46.3 Å². The minimum absolute atomic E-state index is 0.00504. The van der Waals surface area contributed by atoms with Gasteiger partial charge in [0.1, 0.15) is 0 Å². The topological polar surface area (TPSA) is 92.8 Å². The van der Waals surface area contributed by atoms with Crippen LogP contribution in [0, 0.1) is 0 Å². The zero-order chi connectivity index (χ0) is 26.8. The fourth-order valence-electron chi connectivity index (χ4n) is 5.48. The minimum Gasteiger partial charge on any atom is -0.416 e. The third-order valence-corrected chi connectivity index (χ3v) is 8.73. The molecule has 0 amide bonds. The van der Waals surface area contributed by atoms with Gasteiger partial charge >= 0.3 is 11.9 Å². The number of piperidine rings is 1. The van der Waals surface area contributed by atoms with Gasteiger partial charge in [0.2, 0.25) is 0 Å². The van der Waals surface area contributed by atoms with E-state index in [1.807, 2.05) is 0 Å². The molecule has 8 nitrogen and oxygen atoms in total. The first kappa shape index (κ1) is 26.1. The monoisotopic (exact) mass is 566 g/mol. The van der Waals surface area contributed by atoms with Crippen molar-refractivity contribution in [2.24, 2.45) is 0 Å². The van der Waals surface area contributed by atoms with Crippen molar-refractivity contribution in [2.75, 3.05) is 36.4 Å². The molecule has 3 aliphatic heterocycles. The summed E-state index contributed by atoms with van der Waals surface area (Å²) in [5.74, 6) is -2.41. The highest BCUT2D eigenvalue weighted by Gasteiger charge is 2.46. The molecule has 10 heteroatoms. The van der Waals surface area contributed by atoms with Crippen LogP contribution in [0.1, 0.15) is 48.8 Å². The molecular weight excluding hydrogens is 536 g/mol. The quantitative estimate of drug-likeness (QED) is 0.405. The first-order chi connectivity index (χ1) is 19.0. The number of halogens is 1. The molecule has 3 aliphatic rings. The number of anilines is 2. The lowest BCUT2D eigenvalue weighted by Crippen LogP contribution is -2.43. The van der Waals surface area contributed by atoms with E-state index in [9.17, 15) is 9.59 Å². The van der Waals surface area contributed by atoms with Crippen LogP contribution in [0.3, 0.4) is 0 Å². The molecule has 0 unspecified atom stereocenters. The van der Waals surface area contributed by atoms with Gasteiger partial charge in [-0.3, -0.25) is 9.59 Å². The summed E-state index contributed by atoms with van der Waals surface area (Å²) >= 11 is 8.37. The summed E-state index contributed by atoms with van der Waals surface area (Å²) in [5.41, 5.74) is 5.46. The largest absolute Gasteiger partial charge is 0.416 e. The maximum atomic E-state index is 12.4. The zero-order valence-corrected chi connectivity index (χ0v) is 23.2. The molecule has 0 radical (unpaired) electrons. The first-order valence-corrected chi connectivity index (χ1v) is 14.8. The Hall–Kier alpha value is -3.14. The summed E-state index contributed by atoms with van der Waals surface area (Å²) in [7, 11) is 0. The second-order valence-electron chi connectivity index (χ2n) is 10.2. The van der Waals surface area contributed by atoms with Crippen LogP contribution in [0.25, 0.3) is 11.3 Å². The number of benzene rings is 2. The number of nitrogens with one attached hydrogen (secondary N) is 2. The van der Waals surface area contributed by atoms with E-state index in [0.29, 0.717) is 30.1 Å². The van der Waals surface area contributed by atoms with E-state index in [4.69, 9.17) is 26.1 Å². The lowest BCUT2D eigenvalue weighted by Gasteiger charge is -2.32. The SMILES string of the molecule is O=C1CCC(=O)OC2(CNCCc3c2ccc(Cl)c3NCc2ccc(-c3csc(N4CCCCC4)n3)cc2)O1. The molecule has 2 N–H and O–H groups in total. The lowest BCUT2D eigenvalue weighted by molar-refractivity contribution is -0.225. The zero-order valence-electron chi connectivity index (χ0n) is 21.6. The standard InChI is InChI=1S/C29H31ClN4O4S/c30-23-9-8-22-21(12-13-31-18-29(22)37-25(35)10-11-26(36)38-29)27(23)32-16-19-4-6-20(7-5-19)24-17-39-28(33-24)34-14-2-1-3-15-34/h4-9,17,31-32H,1-3,10-16,18H2. The van der Waals surface area contributed by atoms with Crippen LogP contribution in [-0.2, 0) is 37.8 Å². The van der Waals surface area contributed by atoms with Gasteiger partial charge in [-0.05, 0) is 55.5 Å². The Morgan fingerprint density at radius 1 is 1.00 bits per heavy atom. The number of carbonyl (C=O) groups is 2. The van der Waals surface area contributed by atoms with Gasteiger partial charge in [0.25, 0.3) is 5.79 Å². The summed E-state index contributed by atoms with van der Waals surface area (Å²) in [5, 5.41) is 10.5. The number of hydrogen-bond acceptors (Lipinski definition) is 9. The minimum atomic E-state index is -1.50. The van der Waals surface area contributed by atoms with Crippen molar-refractivity contribution < 1.29 is 19.1 Å². The highest BCUT2D eigenvalue weighted by atomic mass is 35.5. The number of rotatable bonds is 5. The van der Waals surface area contributed by atoms with Gasteiger partial charge in [0.05, 0.1) is 35.8 Å². The molecule has 2 aromatic carbocycles. The van der Waals surface area contributed by atoms with E-state index in [2.05, 4.69) is 45.2 Å². The second-order valence-corrected chi connectivity index (χ2v) is 11.4. The van der Waals surface area contributed by atoms with Crippen LogP contribution in [-0.4, -0.2) is 43.1 Å². The molecule has 4 heterocycles. The predicted octanol–water partition coefficient (Wildman–Crippen LogP) is 5.24. The van der Waals surface area contributed by atoms with Gasteiger partial charge in [-0.1, -0.05) is 35.9 Å². The maximum absolute atomic E-state index is 12.4. The number of thiazole rings is 1. The summed E-state index contributed by atoms with van der Waals surface area (Å²) in [6.45, 7) is 3.54. The van der Waals surface area contributed by atoms with Gasteiger partial charge in [0, 0.05) is 36.1 Å². The molecule has 39 heavy (non-hydrogen) atoms. The van der Waals surface area contributed by atoms with Crippen LogP contribution in [0.2, 0.25) is 5.02 Å². The molecule has 204 valence electrons. The Kier molecular flexibility index (Phi) is 7.47. The Bertz CT molecular complexity index is 1350. The molecule has 3 aromatic rings. The average Bonchev–Trinajstić information content (AvgIpc) is 3.31. The van der Waals surface area contributed by atoms with Gasteiger partial charge in [-0.15, -0.1) is 11.3 Å². The predicted molar refractivity (Wildman–Crippen MR) is 152 cm³/mol. The molecule has 0 saturated carbocycles. The van der Waals surface area contributed by atoms with Gasteiger partial charge < -0.3 is 25.0 Å². The van der Waals surface area contributed by atoms with E-state index >= 15 is 0 Å². The highest BCUT2D eigenvalue weighted by molar-refractivity contribution is 7.14. The van der Waals surface area contributed by atoms with Crippen molar-refractivity contribution in [3.05, 3.63) is 63.5 Å². The summed E-state index contributed by atoms with van der Waals surface area (Å²) < 4.78 is 11.5. The van der Waals surface area contributed by atoms with Crippen molar-refractivity contribution in [1.82, 2.24) is 10.3 Å². The lowest BCUT2D eigenvalue weighted by atomic mass is 9.96. The fourth-order valence-corrected chi connectivity index (χ4v) is 6.61. The Morgan fingerprint density at radius 2 is 1.74 bits per heavy atom. The number of carbonyl (C=O) groups excluding carboxylic acids is 2. The highest BCUT2D eigenvalue weighted by Crippen LogP contribution is 2.40. The number of hydrogen-bond donors (Lipinski definition) is 2. The smallest absolute Gasteiger partial charge is 0.309 e. The third kappa shape index (κ3) is 5.48. The fraction of sp³-hybridized carbons (Fsp3) is 0.414. The van der Waals surface area contributed by atoms with Crippen molar-refractivity contribution in [2.45, 2.75) is 50.9 Å². The van der Waals surface area contributed by atoms with E-state index in [1.165, 1.54) is 19.3 Å². The summed E-state index contributed by atoms with van der Waals surface area (Å²) in [6.07, 6.45) is 4.42. The Balaban J connectivity index is 1.21. The molecule has 2 fully saturated rings. The van der Waals surface area contributed by atoms with Gasteiger partial charge in [-0.2, -0.15) is 0 Å². The summed E-state index contributed by atoms with van der Waals surface area (Å²) in [4.78, 5) is 32.0. The third-order valence-electron chi connectivity index (χ3n) is 7.51. The van der Waals surface area contributed by atoms with E-state index in [1.54, 1.807) is 23.5 Å². The van der Waals surface area contributed by atoms with Crippen LogP contribution in [0.5, 0.6) is 0 Å². The molecule has 0 atom stereocenters.